The smallest absolute Gasteiger partial charge is 0.126 e. The van der Waals surface area contributed by atoms with Crippen LogP contribution in [-0.4, -0.2) is 29.9 Å². The van der Waals surface area contributed by atoms with Crippen LogP contribution in [-0.2, 0) is 0 Å². The molecule has 0 unspecified atom stereocenters. The highest BCUT2D eigenvalue weighted by Gasteiger charge is 2.17. The third kappa shape index (κ3) is 7.04. The van der Waals surface area contributed by atoms with E-state index in [0.29, 0.717) is 5.82 Å². The standard InChI is InChI=1S/C49H34N6/c1-33-54-48(46-16-4-2-14-44(46)42-24-38(34-10-6-18-50-29-34)22-39(25-42)35-11-7-19-51-30-35)28-49(55-33)47-17-5-3-15-45(47)43-26-40(36-12-8-20-52-31-36)23-41(27-43)37-13-9-21-53-32-37/h2-32H,1H3. The summed E-state index contributed by atoms with van der Waals surface area (Å²) in [7, 11) is 0. The summed E-state index contributed by atoms with van der Waals surface area (Å²) >= 11 is 0. The van der Waals surface area contributed by atoms with Gasteiger partial charge >= 0.3 is 0 Å². The average Bonchev–Trinajstić information content (AvgIpc) is 3.27. The minimum absolute atomic E-state index is 0.692. The first-order valence-electron chi connectivity index (χ1n) is 18.1. The molecule has 0 aliphatic heterocycles. The summed E-state index contributed by atoms with van der Waals surface area (Å²) in [6, 6.07) is 48.6. The van der Waals surface area contributed by atoms with Crippen molar-refractivity contribution in [3.8, 4) is 89.3 Å². The lowest BCUT2D eigenvalue weighted by Crippen LogP contribution is -1.97. The molecule has 6 heteroatoms. The summed E-state index contributed by atoms with van der Waals surface area (Å²) in [6.07, 6.45) is 14.8. The Labute approximate surface area is 320 Å². The quantitative estimate of drug-likeness (QED) is 0.157. The largest absolute Gasteiger partial charge is 0.264 e. The molecule has 0 atom stereocenters. The number of nitrogens with zero attached hydrogens (tertiary/aromatic N) is 6. The van der Waals surface area contributed by atoms with Gasteiger partial charge in [-0.05, 0) is 118 Å². The van der Waals surface area contributed by atoms with Gasteiger partial charge in [-0.25, -0.2) is 9.97 Å². The van der Waals surface area contributed by atoms with Gasteiger partial charge in [0.05, 0.1) is 11.4 Å². The highest BCUT2D eigenvalue weighted by atomic mass is 14.9. The van der Waals surface area contributed by atoms with Crippen molar-refractivity contribution in [1.82, 2.24) is 29.9 Å². The molecule has 0 spiro atoms. The second kappa shape index (κ2) is 14.9. The van der Waals surface area contributed by atoms with Crippen molar-refractivity contribution in [2.75, 3.05) is 0 Å². The molecule has 260 valence electrons. The first kappa shape index (κ1) is 33.4. The number of hydrogen-bond donors (Lipinski definition) is 0. The Bertz CT molecular complexity index is 2450. The highest BCUT2D eigenvalue weighted by molar-refractivity contribution is 5.91. The Morgan fingerprint density at radius 2 is 0.600 bits per heavy atom. The third-order valence-corrected chi connectivity index (χ3v) is 9.71. The molecule has 0 aliphatic rings. The lowest BCUT2D eigenvalue weighted by atomic mass is 9.90. The van der Waals surface area contributed by atoms with E-state index < -0.39 is 0 Å². The SMILES string of the molecule is Cc1nc(-c2ccccc2-c2cc(-c3cccnc3)cc(-c3cccnc3)c2)cc(-c2ccccc2-c2cc(-c3cccnc3)cc(-c3cccnc3)c2)n1. The average molecular weight is 707 g/mol. The van der Waals surface area contributed by atoms with Gasteiger partial charge in [-0.15, -0.1) is 0 Å². The molecule has 55 heavy (non-hydrogen) atoms. The zero-order chi connectivity index (χ0) is 37.0. The lowest BCUT2D eigenvalue weighted by Gasteiger charge is -2.16. The van der Waals surface area contributed by atoms with Crippen LogP contribution in [0.3, 0.4) is 0 Å². The predicted molar refractivity (Wildman–Crippen MR) is 221 cm³/mol. The van der Waals surface area contributed by atoms with Crippen LogP contribution in [0, 0.1) is 6.92 Å². The Kier molecular flexibility index (Phi) is 9.04. The second-order valence-corrected chi connectivity index (χ2v) is 13.3. The van der Waals surface area contributed by atoms with Crippen LogP contribution in [0.5, 0.6) is 0 Å². The van der Waals surface area contributed by atoms with Crippen molar-refractivity contribution in [1.29, 1.82) is 0 Å². The molecule has 0 bridgehead atoms. The van der Waals surface area contributed by atoms with Crippen molar-refractivity contribution >= 4 is 0 Å². The predicted octanol–water partition coefficient (Wildman–Crippen LogP) is 11.7. The molecule has 6 nitrogen and oxygen atoms in total. The van der Waals surface area contributed by atoms with Crippen LogP contribution >= 0.6 is 0 Å². The summed E-state index contributed by atoms with van der Waals surface area (Å²) in [6.45, 7) is 1.96. The van der Waals surface area contributed by atoms with Crippen molar-refractivity contribution in [3.05, 3.63) is 195 Å². The van der Waals surface area contributed by atoms with Gasteiger partial charge in [-0.2, -0.15) is 0 Å². The maximum atomic E-state index is 5.04. The van der Waals surface area contributed by atoms with E-state index >= 15 is 0 Å². The van der Waals surface area contributed by atoms with E-state index in [1.165, 1.54) is 0 Å². The topological polar surface area (TPSA) is 77.3 Å². The second-order valence-electron chi connectivity index (χ2n) is 13.3. The first-order chi connectivity index (χ1) is 27.2. The Balaban J connectivity index is 1.18. The van der Waals surface area contributed by atoms with Crippen LogP contribution in [0.1, 0.15) is 5.82 Å². The molecule has 5 aromatic heterocycles. The van der Waals surface area contributed by atoms with Crippen molar-refractivity contribution < 1.29 is 0 Å². The van der Waals surface area contributed by atoms with E-state index in [2.05, 4.69) is 135 Å². The van der Waals surface area contributed by atoms with Gasteiger partial charge < -0.3 is 0 Å². The monoisotopic (exact) mass is 706 g/mol. The van der Waals surface area contributed by atoms with Crippen LogP contribution in [0.25, 0.3) is 89.3 Å². The van der Waals surface area contributed by atoms with Gasteiger partial charge in [-0.3, -0.25) is 19.9 Å². The fraction of sp³-hybridized carbons (Fsp3) is 0.0204. The number of benzene rings is 4. The Morgan fingerprint density at radius 1 is 0.291 bits per heavy atom. The molecule has 0 saturated carbocycles. The Hall–Kier alpha value is -7.44. The molecular formula is C49H34N6. The van der Waals surface area contributed by atoms with E-state index in [4.69, 9.17) is 9.97 Å². The summed E-state index contributed by atoms with van der Waals surface area (Å²) in [4.78, 5) is 27.7. The highest BCUT2D eigenvalue weighted by Crippen LogP contribution is 2.40. The summed E-state index contributed by atoms with van der Waals surface area (Å²) in [5.41, 5.74) is 16.5. The van der Waals surface area contributed by atoms with Gasteiger partial charge in [0, 0.05) is 83.0 Å². The molecular weight excluding hydrogens is 673 g/mol. The Morgan fingerprint density at radius 3 is 0.909 bits per heavy atom. The van der Waals surface area contributed by atoms with Crippen LogP contribution in [0.4, 0.5) is 0 Å². The fourth-order valence-electron chi connectivity index (χ4n) is 7.13. The molecule has 0 radical (unpaired) electrons. The van der Waals surface area contributed by atoms with Crippen LogP contribution in [0.15, 0.2) is 189 Å². The number of pyridine rings is 4. The summed E-state index contributed by atoms with van der Waals surface area (Å²) < 4.78 is 0. The minimum Gasteiger partial charge on any atom is -0.264 e. The maximum absolute atomic E-state index is 5.04. The molecule has 0 N–H and O–H groups in total. The maximum Gasteiger partial charge on any atom is 0.126 e. The molecule has 9 rings (SSSR count). The normalized spacial score (nSPS) is 11.0. The molecule has 9 aromatic rings. The van der Waals surface area contributed by atoms with Gasteiger partial charge in [0.25, 0.3) is 0 Å². The lowest BCUT2D eigenvalue weighted by molar-refractivity contribution is 1.06. The molecule has 0 fully saturated rings. The third-order valence-electron chi connectivity index (χ3n) is 9.71. The minimum atomic E-state index is 0.692. The summed E-state index contributed by atoms with van der Waals surface area (Å²) in [5.74, 6) is 0.692. The van der Waals surface area contributed by atoms with E-state index in [9.17, 15) is 0 Å². The van der Waals surface area contributed by atoms with Gasteiger partial charge in [0.15, 0.2) is 0 Å². The number of aromatic nitrogens is 6. The van der Waals surface area contributed by atoms with Crippen LogP contribution < -0.4 is 0 Å². The molecule has 0 aliphatic carbocycles. The summed E-state index contributed by atoms with van der Waals surface area (Å²) in [5, 5.41) is 0. The molecule has 4 aromatic carbocycles. The van der Waals surface area contributed by atoms with Crippen molar-refractivity contribution in [3.63, 3.8) is 0 Å². The molecule has 0 amide bonds. The number of aryl methyl sites for hydroxylation is 1. The zero-order valence-corrected chi connectivity index (χ0v) is 30.1. The zero-order valence-electron chi connectivity index (χ0n) is 30.1. The van der Waals surface area contributed by atoms with Crippen molar-refractivity contribution in [2.24, 2.45) is 0 Å². The first-order valence-corrected chi connectivity index (χ1v) is 18.1. The van der Waals surface area contributed by atoms with Crippen LogP contribution in [0.2, 0.25) is 0 Å². The number of rotatable bonds is 8. The molecule has 5 heterocycles. The van der Waals surface area contributed by atoms with Gasteiger partial charge in [0.2, 0.25) is 0 Å². The fourth-order valence-corrected chi connectivity index (χ4v) is 7.13. The molecule has 0 saturated heterocycles. The number of hydrogen-bond acceptors (Lipinski definition) is 6. The van der Waals surface area contributed by atoms with E-state index in [1.807, 2.05) is 56.0 Å². The van der Waals surface area contributed by atoms with E-state index in [0.717, 1.165) is 89.3 Å². The van der Waals surface area contributed by atoms with E-state index in [1.54, 1.807) is 24.8 Å². The van der Waals surface area contributed by atoms with Gasteiger partial charge in [-0.1, -0.05) is 72.8 Å². The van der Waals surface area contributed by atoms with Crippen molar-refractivity contribution in [2.45, 2.75) is 6.92 Å². The van der Waals surface area contributed by atoms with Gasteiger partial charge in [0.1, 0.15) is 5.82 Å². The van der Waals surface area contributed by atoms with E-state index in [-0.39, 0.29) is 0 Å².